The van der Waals surface area contributed by atoms with Crippen LogP contribution in [0, 0.1) is 6.92 Å². The van der Waals surface area contributed by atoms with E-state index in [1.165, 1.54) is 4.90 Å². The van der Waals surface area contributed by atoms with Gasteiger partial charge in [0.1, 0.15) is 5.56 Å². The molecule has 0 radical (unpaired) electrons. The lowest BCUT2D eigenvalue weighted by Crippen LogP contribution is -2.48. The minimum atomic E-state index is -0.616. The zero-order chi connectivity index (χ0) is 14.1. The van der Waals surface area contributed by atoms with Gasteiger partial charge in [-0.05, 0) is 20.8 Å². The molecular formula is C13H22N2O3. The molecule has 0 fully saturated rings. The summed E-state index contributed by atoms with van der Waals surface area (Å²) in [6.07, 6.45) is 0. The van der Waals surface area contributed by atoms with Gasteiger partial charge in [0, 0.05) is 13.0 Å². The number of aliphatic hydroxyl groups is 1. The lowest BCUT2D eigenvalue weighted by atomic mass is 10.00. The van der Waals surface area contributed by atoms with Crippen molar-refractivity contribution in [1.82, 2.24) is 10.1 Å². The fourth-order valence-corrected chi connectivity index (χ4v) is 1.59. The number of nitrogens with zero attached hydrogens (tertiary/aromatic N) is 2. The van der Waals surface area contributed by atoms with Gasteiger partial charge in [-0.2, -0.15) is 0 Å². The van der Waals surface area contributed by atoms with Gasteiger partial charge in [-0.15, -0.1) is 0 Å². The number of aromatic nitrogens is 1. The van der Waals surface area contributed by atoms with Crippen molar-refractivity contribution in [3.05, 3.63) is 17.0 Å². The number of likely N-dealkylation sites (N-methyl/N-ethyl adjacent to an activating group) is 1. The Hall–Kier alpha value is -1.36. The average molecular weight is 254 g/mol. The largest absolute Gasteiger partial charge is 0.394 e. The van der Waals surface area contributed by atoms with Gasteiger partial charge in [-0.3, -0.25) is 4.79 Å². The van der Waals surface area contributed by atoms with E-state index in [1.54, 1.807) is 14.0 Å². The molecule has 5 nitrogen and oxygen atoms in total. The summed E-state index contributed by atoms with van der Waals surface area (Å²) in [7, 11) is 1.68. The van der Waals surface area contributed by atoms with Crippen molar-refractivity contribution in [2.75, 3.05) is 13.7 Å². The minimum absolute atomic E-state index is 0.0933. The number of hydrogen-bond donors (Lipinski definition) is 1. The normalized spacial score (nSPS) is 12.0. The van der Waals surface area contributed by atoms with Crippen molar-refractivity contribution >= 4 is 5.91 Å². The first-order chi connectivity index (χ1) is 8.22. The molecule has 0 aromatic carbocycles. The maximum Gasteiger partial charge on any atom is 0.259 e. The van der Waals surface area contributed by atoms with E-state index in [0.29, 0.717) is 17.0 Å². The molecule has 0 aliphatic carbocycles. The summed E-state index contributed by atoms with van der Waals surface area (Å²) in [5.41, 5.74) is 0.480. The molecular weight excluding hydrogens is 232 g/mol. The van der Waals surface area contributed by atoms with Crippen molar-refractivity contribution in [2.24, 2.45) is 0 Å². The van der Waals surface area contributed by atoms with Gasteiger partial charge in [0.2, 0.25) is 0 Å². The van der Waals surface area contributed by atoms with Crippen molar-refractivity contribution in [3.8, 4) is 0 Å². The molecule has 0 atom stereocenters. The second-order valence-corrected chi connectivity index (χ2v) is 5.50. The Morgan fingerprint density at radius 1 is 1.50 bits per heavy atom. The molecule has 0 spiro atoms. The Morgan fingerprint density at radius 3 is 2.50 bits per heavy atom. The highest BCUT2D eigenvalue weighted by atomic mass is 16.5. The van der Waals surface area contributed by atoms with Gasteiger partial charge in [0.05, 0.1) is 17.8 Å². The number of aryl methyl sites for hydroxylation is 1. The molecule has 0 aliphatic heterocycles. The second kappa shape index (κ2) is 5.10. The zero-order valence-electron chi connectivity index (χ0n) is 11.9. The van der Waals surface area contributed by atoms with Crippen LogP contribution < -0.4 is 0 Å². The van der Waals surface area contributed by atoms with Crippen LogP contribution in [0.5, 0.6) is 0 Å². The van der Waals surface area contributed by atoms with E-state index in [0.717, 1.165) is 0 Å². The Balaban J connectivity index is 3.15. The van der Waals surface area contributed by atoms with E-state index in [-0.39, 0.29) is 18.4 Å². The molecule has 5 heteroatoms. The predicted molar refractivity (Wildman–Crippen MR) is 68.6 cm³/mol. The number of aliphatic hydroxyl groups excluding tert-OH is 1. The van der Waals surface area contributed by atoms with Crippen LogP contribution in [0.15, 0.2) is 4.52 Å². The second-order valence-electron chi connectivity index (χ2n) is 5.50. The molecule has 0 bridgehead atoms. The van der Waals surface area contributed by atoms with Crippen LogP contribution in [-0.2, 0) is 0 Å². The van der Waals surface area contributed by atoms with Gasteiger partial charge in [0.25, 0.3) is 5.91 Å². The number of carbonyl (C=O) groups is 1. The molecule has 1 rings (SSSR count). The third-order valence-corrected chi connectivity index (χ3v) is 3.23. The van der Waals surface area contributed by atoms with Gasteiger partial charge in [-0.1, -0.05) is 19.0 Å². The minimum Gasteiger partial charge on any atom is -0.394 e. The third-order valence-electron chi connectivity index (χ3n) is 3.23. The molecule has 0 aliphatic rings. The van der Waals surface area contributed by atoms with Gasteiger partial charge < -0.3 is 14.5 Å². The molecule has 1 heterocycles. The molecule has 18 heavy (non-hydrogen) atoms. The fourth-order valence-electron chi connectivity index (χ4n) is 1.59. The highest BCUT2D eigenvalue weighted by molar-refractivity contribution is 5.96. The summed E-state index contributed by atoms with van der Waals surface area (Å²) in [5, 5.41) is 13.2. The molecule has 0 saturated carbocycles. The van der Waals surface area contributed by atoms with Crippen LogP contribution in [0.4, 0.5) is 0 Å². The maximum absolute atomic E-state index is 12.5. The quantitative estimate of drug-likeness (QED) is 0.891. The highest BCUT2D eigenvalue weighted by Crippen LogP contribution is 2.25. The van der Waals surface area contributed by atoms with Crippen LogP contribution in [0.3, 0.4) is 0 Å². The maximum atomic E-state index is 12.5. The summed E-state index contributed by atoms with van der Waals surface area (Å²) in [6.45, 7) is 9.17. The Morgan fingerprint density at radius 2 is 2.06 bits per heavy atom. The monoisotopic (exact) mass is 254 g/mol. The fraction of sp³-hybridized carbons (Fsp3) is 0.692. The standard InChI is InChI=1S/C13H22N2O3/c1-8(2)11-10(9(3)14-18-11)12(17)15(6)13(4,5)7-16/h8,16H,7H2,1-6H3. The molecule has 1 aromatic rings. The number of hydrogen-bond acceptors (Lipinski definition) is 4. The topological polar surface area (TPSA) is 66.6 Å². The van der Waals surface area contributed by atoms with E-state index >= 15 is 0 Å². The van der Waals surface area contributed by atoms with Crippen molar-refractivity contribution in [3.63, 3.8) is 0 Å². The van der Waals surface area contributed by atoms with Crippen LogP contribution in [-0.4, -0.2) is 40.3 Å². The summed E-state index contributed by atoms with van der Waals surface area (Å²) in [4.78, 5) is 14.0. The van der Waals surface area contributed by atoms with Crippen molar-refractivity contribution < 1.29 is 14.4 Å². The van der Waals surface area contributed by atoms with Crippen molar-refractivity contribution in [2.45, 2.75) is 46.1 Å². The van der Waals surface area contributed by atoms with E-state index in [1.807, 2.05) is 27.7 Å². The van der Waals surface area contributed by atoms with Crippen LogP contribution in [0.25, 0.3) is 0 Å². The number of amides is 1. The van der Waals surface area contributed by atoms with Gasteiger partial charge >= 0.3 is 0 Å². The smallest absolute Gasteiger partial charge is 0.259 e. The predicted octanol–water partition coefficient (Wildman–Crippen LogP) is 1.95. The number of rotatable bonds is 4. The van der Waals surface area contributed by atoms with Gasteiger partial charge in [-0.25, -0.2) is 0 Å². The first-order valence-electron chi connectivity index (χ1n) is 6.07. The van der Waals surface area contributed by atoms with E-state index in [2.05, 4.69) is 5.16 Å². The third kappa shape index (κ3) is 2.56. The SMILES string of the molecule is Cc1noc(C(C)C)c1C(=O)N(C)C(C)(C)CO. The average Bonchev–Trinajstić information content (AvgIpc) is 2.69. The van der Waals surface area contributed by atoms with E-state index in [4.69, 9.17) is 4.52 Å². The van der Waals surface area contributed by atoms with Gasteiger partial charge in [0.15, 0.2) is 5.76 Å². The molecule has 0 unspecified atom stereocenters. The Bertz CT molecular complexity index is 435. The Kier molecular flexibility index (Phi) is 4.16. The first-order valence-corrected chi connectivity index (χ1v) is 6.07. The molecule has 1 aromatic heterocycles. The molecule has 0 saturated heterocycles. The van der Waals surface area contributed by atoms with E-state index < -0.39 is 5.54 Å². The van der Waals surface area contributed by atoms with Crippen LogP contribution in [0.1, 0.15) is 55.4 Å². The van der Waals surface area contributed by atoms with Crippen molar-refractivity contribution in [1.29, 1.82) is 0 Å². The summed E-state index contributed by atoms with van der Waals surface area (Å²) >= 11 is 0. The molecule has 102 valence electrons. The van der Waals surface area contributed by atoms with Crippen LogP contribution in [0.2, 0.25) is 0 Å². The molecule has 1 amide bonds. The van der Waals surface area contributed by atoms with E-state index in [9.17, 15) is 9.90 Å². The lowest BCUT2D eigenvalue weighted by molar-refractivity contribution is 0.0470. The molecule has 1 N–H and O–H groups in total. The lowest BCUT2D eigenvalue weighted by Gasteiger charge is -2.34. The zero-order valence-corrected chi connectivity index (χ0v) is 11.9. The van der Waals surface area contributed by atoms with Crippen LogP contribution >= 0.6 is 0 Å². The summed E-state index contributed by atoms with van der Waals surface area (Å²) in [5.74, 6) is 0.519. The first kappa shape index (κ1) is 14.7. The highest BCUT2D eigenvalue weighted by Gasteiger charge is 2.32. The Labute approximate surface area is 108 Å². The summed E-state index contributed by atoms with van der Waals surface area (Å²) < 4.78 is 5.21. The number of carbonyl (C=O) groups excluding carboxylic acids is 1. The summed E-state index contributed by atoms with van der Waals surface area (Å²) in [6, 6.07) is 0.